The van der Waals surface area contributed by atoms with Crippen LogP contribution >= 0.6 is 11.8 Å². The average Bonchev–Trinajstić information content (AvgIpc) is 2.46. The first-order valence-corrected chi connectivity index (χ1v) is 6.92. The van der Waals surface area contributed by atoms with E-state index in [-0.39, 0.29) is 5.91 Å². The second-order valence-corrected chi connectivity index (χ2v) is 5.08. The Bertz CT molecular complexity index is 552. The van der Waals surface area contributed by atoms with Gasteiger partial charge in [-0.25, -0.2) is 0 Å². The average molecular weight is 273 g/mol. The van der Waals surface area contributed by atoms with Gasteiger partial charge in [0, 0.05) is 12.6 Å². The maximum absolute atomic E-state index is 11.1. The van der Waals surface area contributed by atoms with Crippen LogP contribution in [0.2, 0.25) is 0 Å². The number of nitrogens with one attached hydrogen (secondary N) is 1. The summed E-state index contributed by atoms with van der Waals surface area (Å²) in [5.41, 5.74) is 3.10. The molecule has 19 heavy (non-hydrogen) atoms. The van der Waals surface area contributed by atoms with E-state index in [1.807, 2.05) is 43.3 Å². The highest BCUT2D eigenvalue weighted by Crippen LogP contribution is 2.19. The van der Waals surface area contributed by atoms with Gasteiger partial charge in [0.25, 0.3) is 0 Å². The van der Waals surface area contributed by atoms with Crippen molar-refractivity contribution in [2.24, 2.45) is 0 Å². The van der Waals surface area contributed by atoms with Crippen LogP contribution in [0.25, 0.3) is 11.3 Å². The molecule has 2 aromatic rings. The van der Waals surface area contributed by atoms with Crippen molar-refractivity contribution < 1.29 is 4.79 Å². The smallest absolute Gasteiger partial charge is 0.230 e. The summed E-state index contributed by atoms with van der Waals surface area (Å²) in [5, 5.41) is 11.6. The molecule has 0 aliphatic carbocycles. The van der Waals surface area contributed by atoms with Crippen molar-refractivity contribution in [1.29, 1.82) is 0 Å². The molecule has 0 aliphatic rings. The number of aromatic nitrogens is 2. The van der Waals surface area contributed by atoms with Crippen molar-refractivity contribution in [1.82, 2.24) is 15.5 Å². The Labute approximate surface area is 116 Å². The molecule has 1 heterocycles. The Morgan fingerprint density at radius 1 is 1.16 bits per heavy atom. The first-order valence-electron chi connectivity index (χ1n) is 5.93. The number of amides is 1. The maximum atomic E-state index is 11.1. The van der Waals surface area contributed by atoms with Crippen molar-refractivity contribution in [3.05, 3.63) is 42.0 Å². The zero-order valence-corrected chi connectivity index (χ0v) is 11.7. The highest BCUT2D eigenvalue weighted by molar-refractivity contribution is 7.99. The van der Waals surface area contributed by atoms with Crippen molar-refractivity contribution in [3.8, 4) is 11.3 Å². The van der Waals surface area contributed by atoms with Crippen molar-refractivity contribution in [2.45, 2.75) is 11.9 Å². The van der Waals surface area contributed by atoms with Crippen molar-refractivity contribution in [3.63, 3.8) is 0 Å². The molecule has 0 fully saturated rings. The Kier molecular flexibility index (Phi) is 4.52. The Morgan fingerprint density at radius 3 is 2.47 bits per heavy atom. The van der Waals surface area contributed by atoms with Gasteiger partial charge in [0.05, 0.1) is 11.4 Å². The van der Waals surface area contributed by atoms with Crippen LogP contribution in [-0.4, -0.2) is 28.9 Å². The molecule has 5 heteroatoms. The number of hydrogen-bond donors (Lipinski definition) is 1. The van der Waals surface area contributed by atoms with Gasteiger partial charge in [-0.2, -0.15) is 0 Å². The summed E-state index contributed by atoms with van der Waals surface area (Å²) >= 11 is 1.37. The molecule has 4 nitrogen and oxygen atoms in total. The van der Waals surface area contributed by atoms with E-state index in [4.69, 9.17) is 0 Å². The molecule has 0 saturated heterocycles. The fraction of sp³-hybridized carbons (Fsp3) is 0.214. The molecule has 0 saturated carbocycles. The molecule has 0 unspecified atom stereocenters. The second kappa shape index (κ2) is 6.33. The lowest BCUT2D eigenvalue weighted by Crippen LogP contribution is -2.19. The number of rotatable bonds is 4. The molecule has 1 N–H and O–H groups in total. The molecule has 2 rings (SSSR count). The SMILES string of the molecule is CNC(=O)CSc1ccc(-c2ccc(C)cc2)nn1. The molecular formula is C14H15N3OS. The molecule has 0 atom stereocenters. The van der Waals surface area contributed by atoms with E-state index in [9.17, 15) is 4.79 Å². The molecule has 1 aromatic carbocycles. The van der Waals surface area contributed by atoms with E-state index in [0.717, 1.165) is 16.3 Å². The summed E-state index contributed by atoms with van der Waals surface area (Å²) in [5.74, 6) is 0.337. The van der Waals surface area contributed by atoms with Crippen LogP contribution in [0, 0.1) is 6.92 Å². The van der Waals surface area contributed by atoms with E-state index < -0.39 is 0 Å². The van der Waals surface area contributed by atoms with Crippen LogP contribution in [0.4, 0.5) is 0 Å². The van der Waals surface area contributed by atoms with E-state index in [0.29, 0.717) is 5.75 Å². The number of hydrogen-bond acceptors (Lipinski definition) is 4. The maximum Gasteiger partial charge on any atom is 0.230 e. The molecule has 0 bridgehead atoms. The van der Waals surface area contributed by atoms with Crippen LogP contribution in [-0.2, 0) is 4.79 Å². The van der Waals surface area contributed by atoms with Gasteiger partial charge in [-0.15, -0.1) is 10.2 Å². The second-order valence-electron chi connectivity index (χ2n) is 4.08. The minimum absolute atomic E-state index is 0.0191. The van der Waals surface area contributed by atoms with E-state index in [1.165, 1.54) is 17.3 Å². The summed E-state index contributed by atoms with van der Waals surface area (Å²) in [6.45, 7) is 2.05. The topological polar surface area (TPSA) is 54.9 Å². The van der Waals surface area contributed by atoms with Crippen LogP contribution in [0.15, 0.2) is 41.4 Å². The van der Waals surface area contributed by atoms with E-state index >= 15 is 0 Å². The van der Waals surface area contributed by atoms with Crippen LogP contribution in [0.5, 0.6) is 0 Å². The van der Waals surface area contributed by atoms with Crippen molar-refractivity contribution in [2.75, 3.05) is 12.8 Å². The molecule has 0 radical (unpaired) electrons. The Morgan fingerprint density at radius 2 is 1.89 bits per heavy atom. The van der Waals surface area contributed by atoms with Gasteiger partial charge in [0.2, 0.25) is 5.91 Å². The monoisotopic (exact) mass is 273 g/mol. The molecular weight excluding hydrogens is 258 g/mol. The van der Waals surface area contributed by atoms with Gasteiger partial charge in [0.15, 0.2) is 0 Å². The standard InChI is InChI=1S/C14H15N3OS/c1-10-3-5-11(6-4-10)12-7-8-14(17-16-12)19-9-13(18)15-2/h3-8H,9H2,1-2H3,(H,15,18). The van der Waals surface area contributed by atoms with Gasteiger partial charge in [-0.3, -0.25) is 4.79 Å². The molecule has 98 valence electrons. The first-order chi connectivity index (χ1) is 9.19. The number of nitrogens with zero attached hydrogens (tertiary/aromatic N) is 2. The van der Waals surface area contributed by atoms with Crippen LogP contribution < -0.4 is 5.32 Å². The van der Waals surface area contributed by atoms with Gasteiger partial charge >= 0.3 is 0 Å². The Balaban J connectivity index is 2.06. The number of aryl methyl sites for hydroxylation is 1. The lowest BCUT2D eigenvalue weighted by Gasteiger charge is -2.02. The van der Waals surface area contributed by atoms with E-state index in [1.54, 1.807) is 7.05 Å². The normalized spacial score (nSPS) is 10.2. The molecule has 0 spiro atoms. The molecule has 0 aliphatic heterocycles. The minimum Gasteiger partial charge on any atom is -0.358 e. The van der Waals surface area contributed by atoms with Gasteiger partial charge < -0.3 is 5.32 Å². The van der Waals surface area contributed by atoms with Crippen LogP contribution in [0.1, 0.15) is 5.56 Å². The number of benzene rings is 1. The molecule has 1 amide bonds. The van der Waals surface area contributed by atoms with Gasteiger partial charge in [-0.1, -0.05) is 41.6 Å². The Hall–Kier alpha value is -1.88. The number of carbonyl (C=O) groups excluding carboxylic acids is 1. The highest BCUT2D eigenvalue weighted by Gasteiger charge is 2.04. The fourth-order valence-electron chi connectivity index (χ4n) is 1.49. The predicted molar refractivity (Wildman–Crippen MR) is 77.0 cm³/mol. The zero-order chi connectivity index (χ0) is 13.7. The molecule has 1 aromatic heterocycles. The van der Waals surface area contributed by atoms with Gasteiger partial charge in [-0.05, 0) is 19.1 Å². The highest BCUT2D eigenvalue weighted by atomic mass is 32.2. The third-order valence-corrected chi connectivity index (χ3v) is 3.54. The summed E-state index contributed by atoms with van der Waals surface area (Å²) < 4.78 is 0. The van der Waals surface area contributed by atoms with Crippen LogP contribution in [0.3, 0.4) is 0 Å². The summed E-state index contributed by atoms with van der Waals surface area (Å²) in [6, 6.07) is 11.9. The lowest BCUT2D eigenvalue weighted by molar-refractivity contribution is -0.118. The number of carbonyl (C=O) groups is 1. The summed E-state index contributed by atoms with van der Waals surface area (Å²) in [4.78, 5) is 11.1. The number of thioether (sulfide) groups is 1. The summed E-state index contributed by atoms with van der Waals surface area (Å²) in [6.07, 6.45) is 0. The minimum atomic E-state index is -0.0191. The largest absolute Gasteiger partial charge is 0.358 e. The summed E-state index contributed by atoms with van der Waals surface area (Å²) in [7, 11) is 1.62. The quantitative estimate of drug-likeness (QED) is 0.868. The zero-order valence-electron chi connectivity index (χ0n) is 10.9. The van der Waals surface area contributed by atoms with E-state index in [2.05, 4.69) is 15.5 Å². The van der Waals surface area contributed by atoms with Crippen molar-refractivity contribution >= 4 is 17.7 Å². The third kappa shape index (κ3) is 3.79. The predicted octanol–water partition coefficient (Wildman–Crippen LogP) is 2.29. The lowest BCUT2D eigenvalue weighted by atomic mass is 10.1. The fourth-order valence-corrected chi connectivity index (χ4v) is 2.17. The van der Waals surface area contributed by atoms with Gasteiger partial charge in [0.1, 0.15) is 5.03 Å². The third-order valence-electron chi connectivity index (χ3n) is 2.62. The first kappa shape index (κ1) is 13.5.